The van der Waals surface area contributed by atoms with Crippen LogP contribution in [0.15, 0.2) is 29.1 Å². The van der Waals surface area contributed by atoms with Crippen molar-refractivity contribution in [3.8, 4) is 21.4 Å². The normalized spacial score (nSPS) is 23.6. The summed E-state index contributed by atoms with van der Waals surface area (Å²) < 4.78 is 19.3. The number of rotatable bonds is 3. The first kappa shape index (κ1) is 27.3. The fourth-order valence-electron chi connectivity index (χ4n) is 7.64. The highest BCUT2D eigenvalue weighted by molar-refractivity contribution is 14.2. The van der Waals surface area contributed by atoms with Gasteiger partial charge in [0.25, 0.3) is 5.56 Å². The predicted octanol–water partition coefficient (Wildman–Crippen LogP) is 4.80. The summed E-state index contributed by atoms with van der Waals surface area (Å²) in [5.74, 6) is 0.227. The molecule has 3 saturated heterocycles. The Morgan fingerprint density at radius 3 is 2.60 bits per heavy atom. The van der Waals surface area contributed by atoms with E-state index in [0.717, 1.165) is 58.2 Å². The summed E-state index contributed by atoms with van der Waals surface area (Å²) in [6, 6.07) is 8.15. The van der Waals surface area contributed by atoms with Crippen LogP contribution in [-0.2, 0) is 32.5 Å². The molecule has 1 aromatic carbocycles. The molecule has 3 fully saturated rings. The second-order valence-corrected chi connectivity index (χ2v) is 17.2. The zero-order chi connectivity index (χ0) is 29.5. The maximum atomic E-state index is 13.7. The van der Waals surface area contributed by atoms with Crippen molar-refractivity contribution < 1.29 is 19.1 Å². The van der Waals surface area contributed by atoms with E-state index in [2.05, 4.69) is 11.8 Å². The number of benzene rings is 1. The van der Waals surface area contributed by atoms with Crippen LogP contribution in [0.4, 0.5) is 4.79 Å². The van der Waals surface area contributed by atoms with Crippen LogP contribution >= 0.6 is 19.1 Å². The number of pyridine rings is 2. The van der Waals surface area contributed by atoms with Gasteiger partial charge >= 0.3 is 12.1 Å². The first-order valence-electron chi connectivity index (χ1n) is 15.4. The minimum atomic E-state index is -2.01. The van der Waals surface area contributed by atoms with Gasteiger partial charge < -0.3 is 23.8 Å². The van der Waals surface area contributed by atoms with Crippen molar-refractivity contribution in [2.24, 2.45) is 0 Å². The lowest BCUT2D eigenvalue weighted by atomic mass is 9.93. The lowest BCUT2D eigenvalue weighted by Crippen LogP contribution is -2.48. The predicted molar refractivity (Wildman–Crippen MR) is 171 cm³/mol. The number of amides is 1. The molecule has 1 amide bonds. The van der Waals surface area contributed by atoms with Crippen LogP contribution in [0.3, 0.4) is 0 Å². The Morgan fingerprint density at radius 1 is 1.12 bits per heavy atom. The molecule has 10 heteroatoms. The van der Waals surface area contributed by atoms with E-state index in [0.29, 0.717) is 41.4 Å². The number of hydrogen-bond acceptors (Lipinski definition) is 7. The Morgan fingerprint density at radius 2 is 1.88 bits per heavy atom. The molecule has 1 atom stereocenters. The second kappa shape index (κ2) is 10.2. The number of alkyl halides is 2. The average Bonchev–Trinajstić information content (AvgIpc) is 3.57. The monoisotopic (exact) mass is 694 g/mol. The van der Waals surface area contributed by atoms with Gasteiger partial charge in [-0.05, 0) is 80.6 Å². The number of halogens is 1. The maximum Gasteiger partial charge on any atom is 0.415 e. The van der Waals surface area contributed by atoms with Crippen molar-refractivity contribution in [1.29, 1.82) is 0 Å². The van der Waals surface area contributed by atoms with Gasteiger partial charge in [0.15, 0.2) is 0 Å². The minimum Gasteiger partial charge on any atom is -0.459 e. The summed E-state index contributed by atoms with van der Waals surface area (Å²) in [6.45, 7) is 6.28. The average molecular weight is 695 g/mol. The molecule has 5 aliphatic rings. The molecule has 1 unspecified atom stereocenters. The van der Waals surface area contributed by atoms with Gasteiger partial charge in [0, 0.05) is 34.5 Å². The van der Waals surface area contributed by atoms with Gasteiger partial charge in [0.1, 0.15) is 15.8 Å². The molecule has 0 aliphatic carbocycles. The van der Waals surface area contributed by atoms with Crippen LogP contribution in [0.1, 0.15) is 61.3 Å². The van der Waals surface area contributed by atoms with Crippen LogP contribution in [0.5, 0.6) is 5.75 Å². The van der Waals surface area contributed by atoms with Crippen molar-refractivity contribution >= 4 is 42.1 Å². The molecule has 43 heavy (non-hydrogen) atoms. The lowest BCUT2D eigenvalue weighted by Gasteiger charge is -2.39. The summed E-state index contributed by atoms with van der Waals surface area (Å²) in [6.07, 6.45) is 6.29. The van der Waals surface area contributed by atoms with Gasteiger partial charge in [-0.25, -0.2) is 9.78 Å². The Balaban J connectivity index is 1.08. The summed E-state index contributed by atoms with van der Waals surface area (Å²) in [7, 11) is 0. The molecule has 224 valence electrons. The zero-order valence-electron chi connectivity index (χ0n) is 24.4. The molecule has 0 saturated carbocycles. The fourth-order valence-corrected chi connectivity index (χ4v) is 12.4. The largest absolute Gasteiger partial charge is 0.459 e. The first-order chi connectivity index (χ1) is 20.9. The molecular weight excluding hydrogens is 659 g/mol. The summed E-state index contributed by atoms with van der Waals surface area (Å²) in [5, 5.41) is 0.925. The molecule has 0 N–H and O–H groups in total. The number of carbonyl (C=O) groups excluding carboxylic acids is 2. The molecular formula is C33H35IN4O5. The van der Waals surface area contributed by atoms with Crippen LogP contribution in [-0.4, -0.2) is 68.1 Å². The van der Waals surface area contributed by atoms with Crippen molar-refractivity contribution in [2.45, 2.75) is 68.1 Å². The maximum absolute atomic E-state index is 13.7. The highest BCUT2D eigenvalue weighted by atomic mass is 127. The SMILES string of the molecule is C#I1CC12C(=O)OCc1c2cc2n(c1=O)Cc1c-2nc2ccc(OC(=O)N3CCC(N4CCCCC4)CC3)cc2c1CC. The number of hydrogen-bond donors (Lipinski definition) is 0. The van der Waals surface area contributed by atoms with Crippen LogP contribution in [0.2, 0.25) is 0 Å². The van der Waals surface area contributed by atoms with Crippen molar-refractivity contribution in [1.82, 2.24) is 19.4 Å². The Bertz CT molecular complexity index is 1840. The molecule has 5 aliphatic heterocycles. The van der Waals surface area contributed by atoms with Crippen LogP contribution in [0.25, 0.3) is 22.3 Å². The summed E-state index contributed by atoms with van der Waals surface area (Å²) in [4.78, 5) is 49.0. The van der Waals surface area contributed by atoms with Gasteiger partial charge in [-0.15, -0.1) is 23.5 Å². The van der Waals surface area contributed by atoms with Gasteiger partial charge in [-0.3, -0.25) is 9.59 Å². The fraction of sp³-hybridized carbons (Fsp3) is 0.485. The second-order valence-electron chi connectivity index (χ2n) is 12.4. The van der Waals surface area contributed by atoms with Crippen molar-refractivity contribution in [3.05, 3.63) is 56.9 Å². The number of fused-ring (bicyclic) bond motifs is 6. The number of aryl methyl sites for hydroxylation is 1. The Kier molecular flexibility index (Phi) is 6.47. The lowest BCUT2D eigenvalue weighted by molar-refractivity contribution is -0.148. The zero-order valence-corrected chi connectivity index (χ0v) is 26.5. The molecule has 8 rings (SSSR count). The highest BCUT2D eigenvalue weighted by Crippen LogP contribution is 2.67. The molecule has 3 aromatic rings. The number of esters is 1. The van der Waals surface area contributed by atoms with Crippen LogP contribution in [0, 0.1) is 4.31 Å². The van der Waals surface area contributed by atoms with E-state index in [1.165, 1.54) is 32.4 Å². The van der Waals surface area contributed by atoms with Gasteiger partial charge in [-0.2, -0.15) is 0 Å². The van der Waals surface area contributed by atoms with Crippen molar-refractivity contribution in [3.63, 3.8) is 0 Å². The third-order valence-corrected chi connectivity index (χ3v) is 14.9. The van der Waals surface area contributed by atoms with Crippen LogP contribution < -0.4 is 10.3 Å². The van der Waals surface area contributed by atoms with E-state index < -0.39 is 22.6 Å². The van der Waals surface area contributed by atoms with Crippen molar-refractivity contribution in [2.75, 3.05) is 30.6 Å². The molecule has 0 radical (unpaired) electrons. The highest BCUT2D eigenvalue weighted by Gasteiger charge is 2.60. The molecule has 1 spiro atoms. The number of aromatic nitrogens is 2. The van der Waals surface area contributed by atoms with E-state index in [4.69, 9.17) is 18.8 Å². The number of ether oxygens (including phenoxy) is 2. The molecule has 2 aromatic heterocycles. The number of piperidine rings is 2. The number of carbonyl (C=O) groups is 2. The van der Waals surface area contributed by atoms with Gasteiger partial charge in [-0.1, -0.05) is 13.3 Å². The number of nitrogens with zero attached hydrogens (tertiary/aromatic N) is 4. The molecule has 7 heterocycles. The Labute approximate surface area is 256 Å². The number of likely N-dealkylation sites (tertiary alicyclic amines) is 2. The van der Waals surface area contributed by atoms with E-state index in [1.54, 1.807) is 10.6 Å². The third-order valence-electron chi connectivity index (χ3n) is 10.1. The smallest absolute Gasteiger partial charge is 0.415 e. The first-order valence-corrected chi connectivity index (χ1v) is 19.2. The summed E-state index contributed by atoms with van der Waals surface area (Å²) in [5.41, 5.74) is 5.57. The van der Waals surface area contributed by atoms with E-state index >= 15 is 0 Å². The molecule has 0 bridgehead atoms. The quantitative estimate of drug-likeness (QED) is 0.173. The summed E-state index contributed by atoms with van der Waals surface area (Å²) >= 11 is -2.01. The minimum absolute atomic E-state index is 0.00391. The number of cyclic esters (lactones) is 1. The van der Waals surface area contributed by atoms with E-state index in [-0.39, 0.29) is 24.2 Å². The van der Waals surface area contributed by atoms with Gasteiger partial charge in [0.2, 0.25) is 0 Å². The standard InChI is InChI=1S/C33H35IN4O5/c1-3-22-23-15-21(43-32(41)37-13-9-20(10-14-37)36-11-5-4-6-12-36)7-8-27(23)35-29-24(22)17-38-28(29)16-26-25(30(38)39)18-42-31(40)33(26)19-34(33)2/h2,7-8,15-16,20H,3-6,9-14,17-19H2,1H3. The van der Waals surface area contributed by atoms with E-state index in [9.17, 15) is 14.4 Å². The van der Waals surface area contributed by atoms with E-state index in [1.807, 2.05) is 23.1 Å². The molecule has 9 nitrogen and oxygen atoms in total. The topological polar surface area (TPSA) is 94.0 Å². The van der Waals surface area contributed by atoms with Gasteiger partial charge in [0.05, 0.1) is 29.0 Å². The third kappa shape index (κ3) is 4.20. The Hall–Kier alpha value is -3.21.